The molecule has 0 aliphatic heterocycles. The van der Waals surface area contributed by atoms with Crippen LogP contribution in [-0.2, 0) is 0 Å². The largest absolute Gasteiger partial charge is 0.456 e. The van der Waals surface area contributed by atoms with Crippen LogP contribution < -0.4 is 0 Å². The Hall–Kier alpha value is -9.95. The van der Waals surface area contributed by atoms with Gasteiger partial charge in [0.15, 0.2) is 17.5 Å². The standard InChI is InChI=1S/C69H40N4O2S/c1-4-15-41(16-5-1)48-22-12-26-59-64(48)51-33-29-46(40-61(51)75-59)68-70-67(42-17-6-2-7-18-42)71-69(72-68)52-24-13-27-60-65(52)54-37-43(31-35-58(54)74-60)44-32-36-62-55(38-44)66-49(23-14-28-63(66)76-62)45-30-34-57-53(39-45)50-21-10-11-25-56(50)73(57)47-19-8-3-9-20-47/h1-40H. The van der Waals surface area contributed by atoms with Crippen molar-refractivity contribution in [3.63, 3.8) is 0 Å². The van der Waals surface area contributed by atoms with Crippen LogP contribution in [0.3, 0.4) is 0 Å². The Balaban J connectivity index is 0.824. The molecule has 0 saturated carbocycles. The van der Waals surface area contributed by atoms with Gasteiger partial charge in [-0.3, -0.25) is 0 Å². The fourth-order valence-corrected chi connectivity index (χ4v) is 12.7. The highest BCUT2D eigenvalue weighted by Crippen LogP contribution is 2.45. The molecule has 5 heterocycles. The van der Waals surface area contributed by atoms with Gasteiger partial charge in [-0.2, -0.15) is 0 Å². The fraction of sp³-hybridized carbons (Fsp3) is 0. The first-order chi connectivity index (χ1) is 37.6. The van der Waals surface area contributed by atoms with Crippen LogP contribution in [0.15, 0.2) is 251 Å². The molecule has 16 aromatic rings. The maximum atomic E-state index is 6.63. The Labute approximate surface area is 439 Å². The van der Waals surface area contributed by atoms with E-state index in [4.69, 9.17) is 23.8 Å². The second-order valence-electron chi connectivity index (χ2n) is 19.4. The SMILES string of the molecule is c1ccc(-c2nc(-c3ccc4c(c3)oc3cccc(-c5ccccc5)c34)nc(-c3cccc4oc5ccc(-c6ccc7sc8cccc(-c9ccc%10c(c9)c9ccccc9n%10-c9ccccc9)c8c7c6)cc5c34)n2)cc1. The molecule has 354 valence electrons. The molecular weight excluding hydrogens is 949 g/mol. The van der Waals surface area contributed by atoms with Crippen LogP contribution >= 0.6 is 11.3 Å². The van der Waals surface area contributed by atoms with Crippen LogP contribution in [0.25, 0.3) is 159 Å². The summed E-state index contributed by atoms with van der Waals surface area (Å²) in [7, 11) is 0. The lowest BCUT2D eigenvalue weighted by atomic mass is 9.96. The smallest absolute Gasteiger partial charge is 0.164 e. The molecule has 0 amide bonds. The minimum atomic E-state index is 0.550. The number of para-hydroxylation sites is 2. The van der Waals surface area contributed by atoms with Crippen LogP contribution in [0.5, 0.6) is 0 Å². The van der Waals surface area contributed by atoms with Gasteiger partial charge in [-0.15, -0.1) is 11.3 Å². The van der Waals surface area contributed by atoms with Gasteiger partial charge in [-0.05, 0) is 118 Å². The van der Waals surface area contributed by atoms with Gasteiger partial charge in [0.1, 0.15) is 22.3 Å². The summed E-state index contributed by atoms with van der Waals surface area (Å²) < 4.78 is 18.1. The number of hydrogen-bond acceptors (Lipinski definition) is 6. The van der Waals surface area contributed by atoms with E-state index in [1.165, 1.54) is 53.1 Å². The Morgan fingerprint density at radius 2 is 0.868 bits per heavy atom. The van der Waals surface area contributed by atoms with Crippen molar-refractivity contribution in [2.24, 2.45) is 0 Å². The van der Waals surface area contributed by atoms with Crippen molar-refractivity contribution in [2.75, 3.05) is 0 Å². The van der Waals surface area contributed by atoms with Gasteiger partial charge in [-0.1, -0.05) is 158 Å². The first-order valence-electron chi connectivity index (χ1n) is 25.5. The van der Waals surface area contributed by atoms with Gasteiger partial charge in [0.05, 0.1) is 11.0 Å². The minimum Gasteiger partial charge on any atom is -0.456 e. The molecule has 6 nitrogen and oxygen atoms in total. The van der Waals surface area contributed by atoms with Crippen molar-refractivity contribution in [3.8, 4) is 73.2 Å². The van der Waals surface area contributed by atoms with Crippen LogP contribution in [0.4, 0.5) is 0 Å². The van der Waals surface area contributed by atoms with E-state index < -0.39 is 0 Å². The van der Waals surface area contributed by atoms with E-state index in [1.807, 2.05) is 65.9 Å². The normalized spacial score (nSPS) is 11.9. The highest BCUT2D eigenvalue weighted by molar-refractivity contribution is 7.26. The van der Waals surface area contributed by atoms with Gasteiger partial charge >= 0.3 is 0 Å². The van der Waals surface area contributed by atoms with Gasteiger partial charge in [0, 0.05) is 74.9 Å². The molecule has 16 rings (SSSR count). The zero-order valence-corrected chi connectivity index (χ0v) is 41.4. The molecule has 0 bridgehead atoms. The van der Waals surface area contributed by atoms with Crippen molar-refractivity contribution in [1.29, 1.82) is 0 Å². The number of nitrogens with zero attached hydrogens (tertiary/aromatic N) is 4. The monoisotopic (exact) mass is 988 g/mol. The topological polar surface area (TPSA) is 69.9 Å². The summed E-state index contributed by atoms with van der Waals surface area (Å²) in [6.07, 6.45) is 0. The van der Waals surface area contributed by atoms with Crippen molar-refractivity contribution in [1.82, 2.24) is 19.5 Å². The van der Waals surface area contributed by atoms with Crippen molar-refractivity contribution < 1.29 is 8.83 Å². The number of furan rings is 2. The number of rotatable bonds is 7. The molecule has 0 fully saturated rings. The Kier molecular flexibility index (Phi) is 9.40. The molecule has 7 heteroatoms. The van der Waals surface area contributed by atoms with Crippen molar-refractivity contribution >= 4 is 97.2 Å². The van der Waals surface area contributed by atoms with E-state index in [0.717, 1.165) is 88.5 Å². The van der Waals surface area contributed by atoms with Gasteiger partial charge in [0.2, 0.25) is 0 Å². The molecule has 0 unspecified atom stereocenters. The third-order valence-corrected chi connectivity index (χ3v) is 16.2. The Morgan fingerprint density at radius 1 is 0.289 bits per heavy atom. The lowest BCUT2D eigenvalue weighted by Gasteiger charge is -2.10. The molecule has 0 N–H and O–H groups in total. The summed E-state index contributed by atoms with van der Waals surface area (Å²) in [5.41, 5.74) is 16.2. The molecular formula is C69H40N4O2S. The Morgan fingerprint density at radius 3 is 1.67 bits per heavy atom. The maximum absolute atomic E-state index is 6.63. The summed E-state index contributed by atoms with van der Waals surface area (Å²) in [5, 5.41) is 9.04. The van der Waals surface area contributed by atoms with Gasteiger partial charge in [-0.25, -0.2) is 15.0 Å². The first-order valence-corrected chi connectivity index (χ1v) is 26.3. The zero-order valence-electron chi connectivity index (χ0n) is 40.6. The van der Waals surface area contributed by atoms with E-state index in [-0.39, 0.29) is 0 Å². The molecule has 0 saturated heterocycles. The van der Waals surface area contributed by atoms with Crippen LogP contribution in [0, 0.1) is 0 Å². The fourth-order valence-electron chi connectivity index (χ4n) is 11.6. The van der Waals surface area contributed by atoms with Crippen LogP contribution in [0.2, 0.25) is 0 Å². The maximum Gasteiger partial charge on any atom is 0.164 e. The summed E-state index contributed by atoms with van der Waals surface area (Å²) in [4.78, 5) is 15.6. The molecule has 11 aromatic carbocycles. The minimum absolute atomic E-state index is 0.550. The average Bonchev–Trinajstić information content (AvgIpc) is 4.31. The molecule has 76 heavy (non-hydrogen) atoms. The quantitative estimate of drug-likeness (QED) is 0.159. The van der Waals surface area contributed by atoms with Crippen molar-refractivity contribution in [3.05, 3.63) is 243 Å². The average molecular weight is 989 g/mol. The molecule has 0 atom stereocenters. The highest BCUT2D eigenvalue weighted by atomic mass is 32.1. The van der Waals surface area contributed by atoms with E-state index in [0.29, 0.717) is 17.5 Å². The molecule has 0 spiro atoms. The predicted octanol–water partition coefficient (Wildman–Crippen LogP) is 19.1. The lowest BCUT2D eigenvalue weighted by Crippen LogP contribution is -2.00. The second-order valence-corrected chi connectivity index (χ2v) is 20.5. The number of hydrogen-bond donors (Lipinski definition) is 0. The summed E-state index contributed by atoms with van der Waals surface area (Å²) in [5.74, 6) is 1.69. The summed E-state index contributed by atoms with van der Waals surface area (Å²) in [6.45, 7) is 0. The summed E-state index contributed by atoms with van der Waals surface area (Å²) in [6, 6.07) is 85.7. The number of thiophene rings is 1. The first kappa shape index (κ1) is 42.5. The summed E-state index contributed by atoms with van der Waals surface area (Å²) >= 11 is 1.84. The molecule has 0 aliphatic carbocycles. The Bertz CT molecular complexity index is 4990. The predicted molar refractivity (Wildman–Crippen MR) is 314 cm³/mol. The van der Waals surface area contributed by atoms with Crippen molar-refractivity contribution in [2.45, 2.75) is 0 Å². The van der Waals surface area contributed by atoms with E-state index in [2.05, 4.69) is 193 Å². The lowest BCUT2D eigenvalue weighted by molar-refractivity contribution is 0.668. The van der Waals surface area contributed by atoms with Gasteiger partial charge in [0.25, 0.3) is 0 Å². The van der Waals surface area contributed by atoms with Crippen LogP contribution in [0.1, 0.15) is 0 Å². The molecule has 0 radical (unpaired) electrons. The second kappa shape index (κ2) is 16.8. The number of benzene rings is 11. The third-order valence-electron chi connectivity index (χ3n) is 15.1. The number of aromatic nitrogens is 4. The van der Waals surface area contributed by atoms with E-state index in [1.54, 1.807) is 0 Å². The molecule has 5 aromatic heterocycles. The molecule has 0 aliphatic rings. The highest BCUT2D eigenvalue weighted by Gasteiger charge is 2.22. The van der Waals surface area contributed by atoms with Crippen LogP contribution in [-0.4, -0.2) is 19.5 Å². The van der Waals surface area contributed by atoms with Gasteiger partial charge < -0.3 is 13.4 Å². The third kappa shape index (κ3) is 6.69. The van der Waals surface area contributed by atoms with E-state index >= 15 is 0 Å². The zero-order chi connectivity index (χ0) is 49.8. The van der Waals surface area contributed by atoms with E-state index in [9.17, 15) is 0 Å². The number of fused-ring (bicyclic) bond motifs is 12.